The molecule has 0 atom stereocenters. The van der Waals surface area contributed by atoms with Gasteiger partial charge in [-0.2, -0.15) is 5.10 Å². The molecule has 0 saturated carbocycles. The van der Waals surface area contributed by atoms with Gasteiger partial charge in [0, 0.05) is 46.2 Å². The highest BCUT2D eigenvalue weighted by Gasteiger charge is 2.16. The van der Waals surface area contributed by atoms with Crippen LogP contribution in [0.2, 0.25) is 0 Å². The Morgan fingerprint density at radius 1 is 0.615 bits per heavy atom. The van der Waals surface area contributed by atoms with Gasteiger partial charge in [-0.15, -0.1) is 11.3 Å². The number of thiazole rings is 1. The number of pyridine rings is 1. The maximum absolute atomic E-state index is 4.94. The summed E-state index contributed by atoms with van der Waals surface area (Å²) in [6, 6.07) is 38.1. The summed E-state index contributed by atoms with van der Waals surface area (Å²) < 4.78 is 5.44. The zero-order chi connectivity index (χ0) is 25.8. The minimum Gasteiger partial charge on any atom is -0.309 e. The van der Waals surface area contributed by atoms with Crippen molar-refractivity contribution in [1.82, 2.24) is 24.3 Å². The van der Waals surface area contributed by atoms with Crippen molar-refractivity contribution in [3.8, 4) is 33.2 Å². The molecule has 5 nitrogen and oxygen atoms in total. The Morgan fingerprint density at radius 2 is 1.49 bits per heavy atom. The SMILES string of the molecule is c1ccc(-c2cccc(-n3c4cc(-c5nc6ccccc6s5)ccc4c4ccc(-n5cccn5)cc43)c2)nc1. The van der Waals surface area contributed by atoms with E-state index in [-0.39, 0.29) is 0 Å². The first kappa shape index (κ1) is 22.0. The number of benzene rings is 4. The highest BCUT2D eigenvalue weighted by Crippen LogP contribution is 2.38. The lowest BCUT2D eigenvalue weighted by Crippen LogP contribution is -1.97. The number of rotatable bonds is 4. The van der Waals surface area contributed by atoms with Gasteiger partial charge in [0.25, 0.3) is 0 Å². The fourth-order valence-electron chi connectivity index (χ4n) is 5.32. The van der Waals surface area contributed by atoms with Crippen molar-refractivity contribution in [2.75, 3.05) is 0 Å². The first-order valence-corrected chi connectivity index (χ1v) is 13.6. The van der Waals surface area contributed by atoms with Crippen LogP contribution >= 0.6 is 11.3 Å². The molecule has 0 amide bonds. The molecular weight excluding hydrogens is 498 g/mol. The maximum Gasteiger partial charge on any atom is 0.124 e. The highest BCUT2D eigenvalue weighted by atomic mass is 32.1. The van der Waals surface area contributed by atoms with E-state index in [1.165, 1.54) is 15.5 Å². The van der Waals surface area contributed by atoms with Crippen LogP contribution in [0.3, 0.4) is 0 Å². The van der Waals surface area contributed by atoms with E-state index >= 15 is 0 Å². The lowest BCUT2D eigenvalue weighted by atomic mass is 10.1. The molecule has 0 radical (unpaired) electrons. The van der Waals surface area contributed by atoms with Gasteiger partial charge in [-0.3, -0.25) is 4.98 Å². The van der Waals surface area contributed by atoms with Crippen molar-refractivity contribution in [1.29, 1.82) is 0 Å². The van der Waals surface area contributed by atoms with Crippen molar-refractivity contribution in [2.45, 2.75) is 0 Å². The summed E-state index contributed by atoms with van der Waals surface area (Å²) >= 11 is 1.73. The molecular formula is C33H21N5S. The molecule has 184 valence electrons. The van der Waals surface area contributed by atoms with Gasteiger partial charge < -0.3 is 4.57 Å². The molecule has 8 rings (SSSR count). The van der Waals surface area contributed by atoms with Crippen LogP contribution in [0.5, 0.6) is 0 Å². The van der Waals surface area contributed by atoms with Gasteiger partial charge in [0.15, 0.2) is 0 Å². The smallest absolute Gasteiger partial charge is 0.124 e. The first-order valence-electron chi connectivity index (χ1n) is 12.8. The topological polar surface area (TPSA) is 48.5 Å². The van der Waals surface area contributed by atoms with Crippen LogP contribution in [0.15, 0.2) is 128 Å². The second-order valence-electron chi connectivity index (χ2n) is 9.47. The maximum atomic E-state index is 4.94. The van der Waals surface area contributed by atoms with Gasteiger partial charge in [-0.1, -0.05) is 48.5 Å². The standard InChI is InChI=1S/C33H21N5S/c1-2-11-32-29(10-1)36-33(39-32)23-12-14-26-27-15-13-24(37-18-6-17-35-37)21-31(27)38(30(26)20-23)25-8-5-7-22(19-25)28-9-3-4-16-34-28/h1-21H. The Balaban J connectivity index is 1.40. The van der Waals surface area contributed by atoms with E-state index < -0.39 is 0 Å². The molecule has 0 aliphatic carbocycles. The second-order valence-corrected chi connectivity index (χ2v) is 10.5. The van der Waals surface area contributed by atoms with Crippen LogP contribution in [0.4, 0.5) is 0 Å². The molecule has 8 aromatic rings. The lowest BCUT2D eigenvalue weighted by molar-refractivity contribution is 0.881. The number of hydrogen-bond donors (Lipinski definition) is 0. The predicted molar refractivity (Wildman–Crippen MR) is 160 cm³/mol. The zero-order valence-corrected chi connectivity index (χ0v) is 21.6. The molecule has 0 aliphatic heterocycles. The second kappa shape index (κ2) is 8.75. The van der Waals surface area contributed by atoms with E-state index in [0.717, 1.165) is 49.8 Å². The van der Waals surface area contributed by atoms with Crippen LogP contribution in [0.25, 0.3) is 65.2 Å². The Morgan fingerprint density at radius 3 is 2.33 bits per heavy atom. The first-order chi connectivity index (χ1) is 19.3. The van der Waals surface area contributed by atoms with E-state index in [1.54, 1.807) is 17.5 Å². The van der Waals surface area contributed by atoms with E-state index in [1.807, 2.05) is 47.4 Å². The average molecular weight is 520 g/mol. The van der Waals surface area contributed by atoms with Gasteiger partial charge in [-0.25, -0.2) is 9.67 Å². The van der Waals surface area contributed by atoms with Crippen LogP contribution < -0.4 is 0 Å². The molecule has 4 heterocycles. The van der Waals surface area contributed by atoms with Crippen molar-refractivity contribution in [3.63, 3.8) is 0 Å². The minimum atomic E-state index is 0.951. The summed E-state index contributed by atoms with van der Waals surface area (Å²) in [7, 11) is 0. The van der Waals surface area contributed by atoms with Crippen molar-refractivity contribution in [3.05, 3.63) is 128 Å². The molecule has 0 N–H and O–H groups in total. The summed E-state index contributed by atoms with van der Waals surface area (Å²) in [5.41, 5.74) is 8.53. The third-order valence-corrected chi connectivity index (χ3v) is 8.21. The van der Waals surface area contributed by atoms with E-state index in [9.17, 15) is 0 Å². The van der Waals surface area contributed by atoms with E-state index in [4.69, 9.17) is 4.98 Å². The molecule has 39 heavy (non-hydrogen) atoms. The minimum absolute atomic E-state index is 0.951. The van der Waals surface area contributed by atoms with Gasteiger partial charge in [0.1, 0.15) is 5.01 Å². The largest absolute Gasteiger partial charge is 0.309 e. The summed E-state index contributed by atoms with van der Waals surface area (Å²) in [6.45, 7) is 0. The Bertz CT molecular complexity index is 2090. The summed E-state index contributed by atoms with van der Waals surface area (Å²) in [5, 5.41) is 7.89. The molecule has 0 fully saturated rings. The third kappa shape index (κ3) is 3.65. The number of nitrogens with zero attached hydrogens (tertiary/aromatic N) is 5. The van der Waals surface area contributed by atoms with Crippen LogP contribution in [0, 0.1) is 0 Å². The lowest BCUT2D eigenvalue weighted by Gasteiger charge is -2.11. The quantitative estimate of drug-likeness (QED) is 0.235. The number of aromatic nitrogens is 5. The number of fused-ring (bicyclic) bond motifs is 4. The Hall–Kier alpha value is -5.07. The molecule has 0 aliphatic rings. The molecule has 0 saturated heterocycles. The summed E-state index contributed by atoms with van der Waals surface area (Å²) in [5.74, 6) is 0. The number of para-hydroxylation sites is 1. The normalized spacial score (nSPS) is 11.6. The monoisotopic (exact) mass is 519 g/mol. The van der Waals surface area contributed by atoms with Crippen molar-refractivity contribution >= 4 is 43.4 Å². The molecule has 6 heteroatoms. The van der Waals surface area contributed by atoms with Crippen LogP contribution in [0.1, 0.15) is 0 Å². The third-order valence-electron chi connectivity index (χ3n) is 7.13. The fraction of sp³-hybridized carbons (Fsp3) is 0. The predicted octanol–water partition coefficient (Wildman–Crippen LogP) is 8.31. The van der Waals surface area contributed by atoms with E-state index in [0.29, 0.717) is 0 Å². The summed E-state index contributed by atoms with van der Waals surface area (Å²) in [6.07, 6.45) is 5.62. The van der Waals surface area contributed by atoms with Crippen molar-refractivity contribution < 1.29 is 0 Å². The van der Waals surface area contributed by atoms with Gasteiger partial charge in [0.2, 0.25) is 0 Å². The van der Waals surface area contributed by atoms with Gasteiger partial charge >= 0.3 is 0 Å². The number of hydrogen-bond acceptors (Lipinski definition) is 4. The summed E-state index contributed by atoms with van der Waals surface area (Å²) in [4.78, 5) is 9.53. The zero-order valence-electron chi connectivity index (χ0n) is 20.8. The molecule has 0 bridgehead atoms. The fourth-order valence-corrected chi connectivity index (χ4v) is 6.28. The van der Waals surface area contributed by atoms with Gasteiger partial charge in [-0.05, 0) is 60.7 Å². The molecule has 4 aromatic carbocycles. The van der Waals surface area contributed by atoms with E-state index in [2.05, 4.69) is 93.5 Å². The Kier molecular flexibility index (Phi) is 4.93. The van der Waals surface area contributed by atoms with Crippen LogP contribution in [-0.2, 0) is 0 Å². The highest BCUT2D eigenvalue weighted by molar-refractivity contribution is 7.21. The van der Waals surface area contributed by atoms with Crippen LogP contribution in [-0.4, -0.2) is 24.3 Å². The molecule has 4 aromatic heterocycles. The van der Waals surface area contributed by atoms with Crippen molar-refractivity contribution in [2.24, 2.45) is 0 Å². The van der Waals surface area contributed by atoms with Gasteiger partial charge in [0.05, 0.1) is 32.6 Å². The molecule has 0 spiro atoms. The average Bonchev–Trinajstić information content (AvgIpc) is 3.75. The molecule has 0 unspecified atom stereocenters. The Labute approximate surface area is 228 Å².